The van der Waals surface area contributed by atoms with Gasteiger partial charge in [-0.15, -0.1) is 0 Å². The Bertz CT molecular complexity index is 412. The summed E-state index contributed by atoms with van der Waals surface area (Å²) in [6, 6.07) is 7.00. The molecular weight excluding hydrogens is 236 g/mol. The molecule has 0 aromatic heterocycles. The zero-order valence-corrected chi connectivity index (χ0v) is 9.42. The number of para-hydroxylation sites is 2. The third-order valence-electron chi connectivity index (χ3n) is 1.53. The van der Waals surface area contributed by atoms with Crippen LogP contribution in [0.15, 0.2) is 24.3 Å². The second-order valence-electron chi connectivity index (χ2n) is 2.72. The molecule has 1 rings (SSSR count). The molecule has 1 aromatic carbocycles. The maximum atomic E-state index is 9.29. The van der Waals surface area contributed by atoms with E-state index in [0.29, 0.717) is 12.2 Å². The number of hydrogen-bond acceptors (Lipinski definition) is 5. The Kier molecular flexibility index (Phi) is 5.75. The Hall–Kier alpha value is -1.35. The van der Waals surface area contributed by atoms with Crippen molar-refractivity contribution >= 4 is 16.1 Å². The molecule has 0 saturated carbocycles. The molecule has 0 heterocycles. The van der Waals surface area contributed by atoms with Crippen LogP contribution in [0.5, 0.6) is 5.75 Å². The number of phenolic OH excluding ortho intramolecular Hbond substituents is 1. The molecule has 7 nitrogen and oxygen atoms in total. The first-order valence-corrected chi connectivity index (χ1v) is 5.65. The smallest absolute Gasteiger partial charge is 0.394 e. The molecule has 0 saturated heterocycles. The van der Waals surface area contributed by atoms with Gasteiger partial charge >= 0.3 is 10.4 Å². The standard InChI is InChI=1S/C8H12N2O.H2O4S/c1-2-10(9)7-5-3-4-6-8(7)11;1-5(2,3)4/h3-6,11H,2,9H2,1H3;(H2,1,2,3,4). The van der Waals surface area contributed by atoms with Gasteiger partial charge in [0.15, 0.2) is 0 Å². The molecule has 8 heteroatoms. The minimum Gasteiger partial charge on any atom is -0.506 e. The van der Waals surface area contributed by atoms with Crippen molar-refractivity contribution < 1.29 is 22.6 Å². The van der Waals surface area contributed by atoms with Crippen LogP contribution < -0.4 is 10.9 Å². The summed E-state index contributed by atoms with van der Waals surface area (Å²) in [6.45, 7) is 2.60. The molecule has 0 spiro atoms. The quantitative estimate of drug-likeness (QED) is 0.341. The van der Waals surface area contributed by atoms with Crippen LogP contribution in [0.25, 0.3) is 0 Å². The van der Waals surface area contributed by atoms with Gasteiger partial charge in [-0.3, -0.25) is 9.11 Å². The molecule has 0 amide bonds. The van der Waals surface area contributed by atoms with Crippen LogP contribution in [0.2, 0.25) is 0 Å². The number of aromatic hydroxyl groups is 1. The van der Waals surface area contributed by atoms with Crippen LogP contribution >= 0.6 is 0 Å². The van der Waals surface area contributed by atoms with E-state index in [4.69, 9.17) is 23.4 Å². The molecule has 0 aliphatic heterocycles. The Balaban J connectivity index is 0.000000385. The van der Waals surface area contributed by atoms with Gasteiger partial charge in [0.2, 0.25) is 0 Å². The van der Waals surface area contributed by atoms with E-state index in [1.54, 1.807) is 18.2 Å². The lowest BCUT2D eigenvalue weighted by Gasteiger charge is -2.16. The first-order valence-electron chi connectivity index (χ1n) is 4.25. The molecule has 16 heavy (non-hydrogen) atoms. The number of phenols is 1. The molecule has 1 aromatic rings. The number of anilines is 1. The van der Waals surface area contributed by atoms with Gasteiger partial charge in [0.1, 0.15) is 5.75 Å². The van der Waals surface area contributed by atoms with E-state index in [-0.39, 0.29) is 5.75 Å². The lowest BCUT2D eigenvalue weighted by molar-refractivity contribution is 0.381. The van der Waals surface area contributed by atoms with Gasteiger partial charge in [-0.2, -0.15) is 8.42 Å². The normalized spacial score (nSPS) is 10.2. The highest BCUT2D eigenvalue weighted by atomic mass is 32.3. The van der Waals surface area contributed by atoms with Crippen molar-refractivity contribution in [3.8, 4) is 5.75 Å². The zero-order chi connectivity index (χ0) is 12.8. The molecule has 0 bridgehead atoms. The van der Waals surface area contributed by atoms with E-state index < -0.39 is 10.4 Å². The number of hydrazine groups is 1. The van der Waals surface area contributed by atoms with Gasteiger partial charge in [-0.05, 0) is 19.1 Å². The molecule has 5 N–H and O–H groups in total. The van der Waals surface area contributed by atoms with E-state index in [9.17, 15) is 5.11 Å². The molecule has 0 aliphatic carbocycles. The van der Waals surface area contributed by atoms with Crippen LogP contribution in [0.4, 0.5) is 5.69 Å². The highest BCUT2D eigenvalue weighted by Gasteiger charge is 2.02. The van der Waals surface area contributed by atoms with Gasteiger partial charge in [0.25, 0.3) is 0 Å². The lowest BCUT2D eigenvalue weighted by atomic mass is 10.3. The summed E-state index contributed by atoms with van der Waals surface area (Å²) in [7, 11) is -4.67. The summed E-state index contributed by atoms with van der Waals surface area (Å²) < 4.78 is 31.6. The maximum Gasteiger partial charge on any atom is 0.394 e. The number of nitrogens with two attached hydrogens (primary N) is 1. The average Bonchev–Trinajstić information content (AvgIpc) is 2.15. The summed E-state index contributed by atoms with van der Waals surface area (Å²) in [5, 5.41) is 10.8. The molecule has 0 aliphatic rings. The topological polar surface area (TPSA) is 124 Å². The van der Waals surface area contributed by atoms with Crippen molar-refractivity contribution in [3.63, 3.8) is 0 Å². The van der Waals surface area contributed by atoms with E-state index in [2.05, 4.69) is 0 Å². The van der Waals surface area contributed by atoms with Crippen molar-refractivity contribution in [1.29, 1.82) is 0 Å². The van der Waals surface area contributed by atoms with Crippen LogP contribution in [0.3, 0.4) is 0 Å². The van der Waals surface area contributed by atoms with Crippen molar-refractivity contribution in [1.82, 2.24) is 0 Å². The Labute approximate surface area is 93.7 Å². The highest BCUT2D eigenvalue weighted by molar-refractivity contribution is 7.79. The van der Waals surface area contributed by atoms with E-state index in [1.807, 2.05) is 13.0 Å². The molecule has 0 atom stereocenters. The third kappa shape index (κ3) is 7.01. The summed E-state index contributed by atoms with van der Waals surface area (Å²) in [5.74, 6) is 5.79. The minimum atomic E-state index is -4.67. The number of benzene rings is 1. The SMILES string of the molecule is CCN(N)c1ccccc1O.O=S(=O)(O)O. The maximum absolute atomic E-state index is 9.29. The van der Waals surface area contributed by atoms with E-state index in [1.165, 1.54) is 5.01 Å². The van der Waals surface area contributed by atoms with Crippen LogP contribution in [0, 0.1) is 0 Å². The van der Waals surface area contributed by atoms with Crippen molar-refractivity contribution in [3.05, 3.63) is 24.3 Å². The first kappa shape index (κ1) is 14.6. The van der Waals surface area contributed by atoms with Crippen LogP contribution in [-0.4, -0.2) is 29.2 Å². The number of hydrogen-bond donors (Lipinski definition) is 4. The summed E-state index contributed by atoms with van der Waals surface area (Å²) in [5.41, 5.74) is 0.662. The fourth-order valence-electron chi connectivity index (χ4n) is 0.877. The Morgan fingerprint density at radius 1 is 1.31 bits per heavy atom. The summed E-state index contributed by atoms with van der Waals surface area (Å²) in [4.78, 5) is 0. The highest BCUT2D eigenvalue weighted by Crippen LogP contribution is 2.23. The van der Waals surface area contributed by atoms with E-state index in [0.717, 1.165) is 0 Å². The van der Waals surface area contributed by atoms with Gasteiger partial charge in [-0.1, -0.05) is 12.1 Å². The second kappa shape index (κ2) is 6.28. The first-order chi connectivity index (χ1) is 7.25. The van der Waals surface area contributed by atoms with Gasteiger partial charge in [0.05, 0.1) is 5.69 Å². The van der Waals surface area contributed by atoms with Crippen LogP contribution in [-0.2, 0) is 10.4 Å². The molecule has 0 radical (unpaired) electrons. The zero-order valence-electron chi connectivity index (χ0n) is 8.61. The van der Waals surface area contributed by atoms with Crippen molar-refractivity contribution in [2.75, 3.05) is 11.6 Å². The fourth-order valence-corrected chi connectivity index (χ4v) is 0.877. The Morgan fingerprint density at radius 3 is 2.12 bits per heavy atom. The van der Waals surface area contributed by atoms with Gasteiger partial charge < -0.3 is 10.1 Å². The number of nitrogens with zero attached hydrogens (tertiary/aromatic N) is 1. The summed E-state index contributed by atoms with van der Waals surface area (Å²) >= 11 is 0. The molecule has 92 valence electrons. The van der Waals surface area contributed by atoms with Crippen molar-refractivity contribution in [2.45, 2.75) is 6.92 Å². The van der Waals surface area contributed by atoms with Gasteiger partial charge in [-0.25, -0.2) is 5.84 Å². The van der Waals surface area contributed by atoms with E-state index >= 15 is 0 Å². The molecular formula is C8H14N2O5S. The van der Waals surface area contributed by atoms with Crippen LogP contribution in [0.1, 0.15) is 6.92 Å². The van der Waals surface area contributed by atoms with Gasteiger partial charge in [0, 0.05) is 6.54 Å². The largest absolute Gasteiger partial charge is 0.506 e. The predicted molar refractivity (Wildman–Crippen MR) is 59.5 cm³/mol. The minimum absolute atomic E-state index is 0.219. The lowest BCUT2D eigenvalue weighted by Crippen LogP contribution is -2.30. The Morgan fingerprint density at radius 2 is 1.75 bits per heavy atom. The second-order valence-corrected chi connectivity index (χ2v) is 3.62. The monoisotopic (exact) mass is 250 g/mol. The van der Waals surface area contributed by atoms with Crippen molar-refractivity contribution in [2.24, 2.45) is 5.84 Å². The molecule has 0 unspecified atom stereocenters. The average molecular weight is 250 g/mol. The number of rotatable bonds is 2. The third-order valence-corrected chi connectivity index (χ3v) is 1.53. The summed E-state index contributed by atoms with van der Waals surface area (Å²) in [6.07, 6.45) is 0. The fraction of sp³-hybridized carbons (Fsp3) is 0.250. The predicted octanol–water partition coefficient (Wildman–Crippen LogP) is 0.439. The molecule has 0 fully saturated rings.